The highest BCUT2D eigenvalue weighted by Crippen LogP contribution is 2.27. The van der Waals surface area contributed by atoms with Crippen molar-refractivity contribution >= 4 is 5.69 Å². The number of aryl methyl sites for hydroxylation is 1. The van der Waals surface area contributed by atoms with Crippen LogP contribution in [0.25, 0.3) is 0 Å². The molecule has 2 aliphatic rings. The normalized spacial score (nSPS) is 27.9. The molecule has 1 aromatic carbocycles. The van der Waals surface area contributed by atoms with Crippen molar-refractivity contribution in [3.8, 4) is 0 Å². The molecule has 0 aromatic heterocycles. The van der Waals surface area contributed by atoms with E-state index in [1.807, 2.05) is 0 Å². The van der Waals surface area contributed by atoms with Crippen molar-refractivity contribution in [2.45, 2.75) is 51.7 Å². The summed E-state index contributed by atoms with van der Waals surface area (Å²) in [5.41, 5.74) is 4.20. The van der Waals surface area contributed by atoms with Crippen LogP contribution in [0.2, 0.25) is 0 Å². The van der Waals surface area contributed by atoms with Gasteiger partial charge in [0.25, 0.3) is 0 Å². The molecule has 2 unspecified atom stereocenters. The standard InChI is InChI=1S/C18H28N2O/c1-14-5-3-8-18(15(14)2)20-11-9-19(10-12-20)16-6-4-7-17(21)13-16/h3,5,8,16-17,21H,4,6-7,9-13H2,1-2H3. The molecule has 0 spiro atoms. The van der Waals surface area contributed by atoms with Crippen LogP contribution in [0, 0.1) is 13.8 Å². The summed E-state index contributed by atoms with van der Waals surface area (Å²) in [5.74, 6) is 0. The van der Waals surface area contributed by atoms with Crippen LogP contribution in [0.4, 0.5) is 5.69 Å². The molecule has 116 valence electrons. The third-order valence-corrected chi connectivity index (χ3v) is 5.37. The van der Waals surface area contributed by atoms with Gasteiger partial charge in [0.05, 0.1) is 6.10 Å². The van der Waals surface area contributed by atoms with E-state index < -0.39 is 0 Å². The number of aliphatic hydroxyl groups excluding tert-OH is 1. The predicted molar refractivity (Wildman–Crippen MR) is 88.0 cm³/mol. The molecule has 2 fully saturated rings. The second kappa shape index (κ2) is 6.37. The topological polar surface area (TPSA) is 26.7 Å². The molecule has 1 aromatic rings. The number of hydrogen-bond donors (Lipinski definition) is 1. The Hall–Kier alpha value is -1.06. The number of hydrogen-bond acceptors (Lipinski definition) is 3. The fourth-order valence-corrected chi connectivity index (χ4v) is 3.88. The van der Waals surface area contributed by atoms with Gasteiger partial charge in [-0.25, -0.2) is 0 Å². The second-order valence-corrected chi connectivity index (χ2v) is 6.72. The Kier molecular flexibility index (Phi) is 4.51. The van der Waals surface area contributed by atoms with Gasteiger partial charge in [-0.15, -0.1) is 0 Å². The van der Waals surface area contributed by atoms with E-state index in [1.54, 1.807) is 0 Å². The number of anilines is 1. The highest BCUT2D eigenvalue weighted by atomic mass is 16.3. The Morgan fingerprint density at radius 2 is 1.81 bits per heavy atom. The summed E-state index contributed by atoms with van der Waals surface area (Å²) in [6, 6.07) is 7.22. The molecule has 1 N–H and O–H groups in total. The van der Waals surface area contributed by atoms with Gasteiger partial charge in [0.1, 0.15) is 0 Å². The number of nitrogens with zero attached hydrogens (tertiary/aromatic N) is 2. The van der Waals surface area contributed by atoms with Crippen molar-refractivity contribution in [2.24, 2.45) is 0 Å². The Balaban J connectivity index is 1.61. The molecule has 3 rings (SSSR count). The monoisotopic (exact) mass is 288 g/mol. The molecule has 1 aliphatic carbocycles. The van der Waals surface area contributed by atoms with Crippen molar-refractivity contribution in [2.75, 3.05) is 31.1 Å². The third-order valence-electron chi connectivity index (χ3n) is 5.37. The van der Waals surface area contributed by atoms with Gasteiger partial charge in [-0.3, -0.25) is 4.90 Å². The van der Waals surface area contributed by atoms with Gasteiger partial charge in [0, 0.05) is 37.9 Å². The fourth-order valence-electron chi connectivity index (χ4n) is 3.88. The first-order valence-corrected chi connectivity index (χ1v) is 8.38. The maximum atomic E-state index is 9.87. The van der Waals surface area contributed by atoms with Gasteiger partial charge in [-0.2, -0.15) is 0 Å². The van der Waals surface area contributed by atoms with Gasteiger partial charge in [-0.05, 0) is 56.7 Å². The van der Waals surface area contributed by atoms with Crippen molar-refractivity contribution in [1.82, 2.24) is 4.90 Å². The van der Waals surface area contributed by atoms with Crippen LogP contribution in [-0.2, 0) is 0 Å². The highest BCUT2D eigenvalue weighted by molar-refractivity contribution is 5.56. The summed E-state index contributed by atoms with van der Waals surface area (Å²) in [6.07, 6.45) is 4.35. The second-order valence-electron chi connectivity index (χ2n) is 6.72. The van der Waals surface area contributed by atoms with Crippen molar-refractivity contribution in [3.05, 3.63) is 29.3 Å². The molecule has 1 saturated heterocycles. The van der Waals surface area contributed by atoms with Crippen LogP contribution in [0.5, 0.6) is 0 Å². The zero-order valence-corrected chi connectivity index (χ0v) is 13.4. The Morgan fingerprint density at radius 3 is 2.52 bits per heavy atom. The van der Waals surface area contributed by atoms with Gasteiger partial charge in [-0.1, -0.05) is 12.1 Å². The Bertz CT molecular complexity index is 480. The first-order valence-electron chi connectivity index (χ1n) is 8.38. The van der Waals surface area contributed by atoms with E-state index in [1.165, 1.54) is 29.7 Å². The van der Waals surface area contributed by atoms with Crippen LogP contribution in [0.3, 0.4) is 0 Å². The van der Waals surface area contributed by atoms with Crippen molar-refractivity contribution in [3.63, 3.8) is 0 Å². The maximum Gasteiger partial charge on any atom is 0.0555 e. The Morgan fingerprint density at radius 1 is 1.05 bits per heavy atom. The van der Waals surface area contributed by atoms with Gasteiger partial charge in [0.2, 0.25) is 0 Å². The summed E-state index contributed by atoms with van der Waals surface area (Å²) in [5, 5.41) is 9.87. The summed E-state index contributed by atoms with van der Waals surface area (Å²) in [4.78, 5) is 5.13. The molecule has 3 nitrogen and oxygen atoms in total. The molecule has 1 aliphatic heterocycles. The lowest BCUT2D eigenvalue weighted by molar-refractivity contribution is 0.0591. The van der Waals surface area contributed by atoms with E-state index in [0.717, 1.165) is 39.0 Å². The van der Waals surface area contributed by atoms with Crippen LogP contribution >= 0.6 is 0 Å². The summed E-state index contributed by atoms with van der Waals surface area (Å²) in [7, 11) is 0. The minimum atomic E-state index is -0.0687. The first-order chi connectivity index (χ1) is 10.1. The quantitative estimate of drug-likeness (QED) is 0.906. The average Bonchev–Trinajstić information content (AvgIpc) is 2.50. The van der Waals surface area contributed by atoms with E-state index in [-0.39, 0.29) is 6.10 Å². The Labute approximate surface area is 128 Å². The lowest BCUT2D eigenvalue weighted by Gasteiger charge is -2.42. The van der Waals surface area contributed by atoms with Crippen LogP contribution in [-0.4, -0.2) is 48.3 Å². The fraction of sp³-hybridized carbons (Fsp3) is 0.667. The molecule has 21 heavy (non-hydrogen) atoms. The van der Waals surface area contributed by atoms with Gasteiger partial charge in [0.15, 0.2) is 0 Å². The molecule has 3 heteroatoms. The first kappa shape index (κ1) is 14.9. The van der Waals surface area contributed by atoms with E-state index in [9.17, 15) is 5.11 Å². The molecule has 2 atom stereocenters. The van der Waals surface area contributed by atoms with Crippen LogP contribution in [0.15, 0.2) is 18.2 Å². The zero-order chi connectivity index (χ0) is 14.8. The number of aliphatic hydroxyl groups is 1. The third kappa shape index (κ3) is 3.24. The van der Waals surface area contributed by atoms with Crippen molar-refractivity contribution in [1.29, 1.82) is 0 Å². The van der Waals surface area contributed by atoms with Gasteiger partial charge < -0.3 is 10.0 Å². The average molecular weight is 288 g/mol. The van der Waals surface area contributed by atoms with Crippen molar-refractivity contribution < 1.29 is 5.11 Å². The molecular formula is C18H28N2O. The molecular weight excluding hydrogens is 260 g/mol. The van der Waals surface area contributed by atoms with E-state index in [0.29, 0.717) is 6.04 Å². The lowest BCUT2D eigenvalue weighted by atomic mass is 9.91. The largest absolute Gasteiger partial charge is 0.393 e. The highest BCUT2D eigenvalue weighted by Gasteiger charge is 2.28. The lowest BCUT2D eigenvalue weighted by Crippen LogP contribution is -2.52. The minimum absolute atomic E-state index is 0.0687. The summed E-state index contributed by atoms with van der Waals surface area (Å²) >= 11 is 0. The summed E-state index contributed by atoms with van der Waals surface area (Å²) < 4.78 is 0. The molecule has 0 bridgehead atoms. The van der Waals surface area contributed by atoms with Crippen LogP contribution < -0.4 is 4.90 Å². The minimum Gasteiger partial charge on any atom is -0.393 e. The van der Waals surface area contributed by atoms with Crippen LogP contribution in [0.1, 0.15) is 36.8 Å². The molecule has 1 saturated carbocycles. The molecule has 1 heterocycles. The number of benzene rings is 1. The number of piperazine rings is 1. The number of rotatable bonds is 2. The van der Waals surface area contributed by atoms with E-state index in [4.69, 9.17) is 0 Å². The van der Waals surface area contributed by atoms with E-state index >= 15 is 0 Å². The predicted octanol–water partition coefficient (Wildman–Crippen LogP) is 2.73. The maximum absolute atomic E-state index is 9.87. The molecule has 0 radical (unpaired) electrons. The van der Waals surface area contributed by atoms with E-state index in [2.05, 4.69) is 41.8 Å². The smallest absolute Gasteiger partial charge is 0.0555 e. The molecule has 0 amide bonds. The van der Waals surface area contributed by atoms with Gasteiger partial charge >= 0.3 is 0 Å². The SMILES string of the molecule is Cc1cccc(N2CCN(C3CCCC(O)C3)CC2)c1C. The zero-order valence-electron chi connectivity index (χ0n) is 13.4. The summed E-state index contributed by atoms with van der Waals surface area (Å²) in [6.45, 7) is 8.90.